The fraction of sp³-hybridized carbons (Fsp3) is 0.400. The van der Waals surface area contributed by atoms with Crippen molar-refractivity contribution in [2.24, 2.45) is 0 Å². The molecule has 1 fully saturated rings. The van der Waals surface area contributed by atoms with Crippen LogP contribution in [0.5, 0.6) is 5.75 Å². The molecule has 1 saturated heterocycles. The number of carbonyl (C=O) groups is 1. The monoisotopic (exact) mass is 446 g/mol. The average molecular weight is 446 g/mol. The van der Waals surface area contributed by atoms with E-state index in [0.717, 1.165) is 23.4 Å². The summed E-state index contributed by atoms with van der Waals surface area (Å²) >= 11 is 1.38. The Morgan fingerprint density at radius 2 is 2.10 bits per heavy atom. The van der Waals surface area contributed by atoms with Crippen LogP contribution in [0.2, 0.25) is 0 Å². The first-order valence-electron chi connectivity index (χ1n) is 9.78. The van der Waals surface area contributed by atoms with Gasteiger partial charge in [0, 0.05) is 26.2 Å². The summed E-state index contributed by atoms with van der Waals surface area (Å²) < 4.78 is 16.9. The minimum absolute atomic E-state index is 0.100. The molecule has 1 aliphatic heterocycles. The molecule has 0 radical (unpaired) electrons. The van der Waals surface area contributed by atoms with E-state index < -0.39 is 16.7 Å². The number of nitro groups is 1. The highest BCUT2D eigenvalue weighted by Crippen LogP contribution is 2.37. The number of aromatic nitrogens is 1. The Bertz CT molecular complexity index is 1100. The average Bonchev–Trinajstić information content (AvgIpc) is 3.43. The number of nitrogens with zero attached hydrogens (tertiary/aromatic N) is 4. The van der Waals surface area contributed by atoms with Gasteiger partial charge in [-0.15, -0.1) is 0 Å². The molecule has 1 aliphatic rings. The molecule has 0 saturated carbocycles. The standard InChI is InChI=1S/C20H22N4O6S/c1-13-3-4-14(28-2)17-18(13)31-20(21-17)23(8-7-22-9-11-29-12-10-22)19(25)15-5-6-16(30-15)24(26)27/h3-6H,7-12H2,1-2H3. The molecule has 2 aromatic heterocycles. The van der Waals surface area contributed by atoms with Crippen molar-refractivity contribution in [3.63, 3.8) is 0 Å². The topological polar surface area (TPSA) is 111 Å². The minimum Gasteiger partial charge on any atom is -0.494 e. The zero-order chi connectivity index (χ0) is 22.0. The molecular weight excluding hydrogens is 424 g/mol. The van der Waals surface area contributed by atoms with Crippen LogP contribution in [0.3, 0.4) is 0 Å². The largest absolute Gasteiger partial charge is 0.494 e. The van der Waals surface area contributed by atoms with Gasteiger partial charge in [-0.05, 0) is 24.6 Å². The lowest BCUT2D eigenvalue weighted by Crippen LogP contribution is -2.43. The number of benzene rings is 1. The first-order valence-corrected chi connectivity index (χ1v) is 10.6. The number of aryl methyl sites for hydroxylation is 1. The normalized spacial score (nSPS) is 14.6. The van der Waals surface area contributed by atoms with Gasteiger partial charge in [0.25, 0.3) is 5.91 Å². The van der Waals surface area contributed by atoms with Gasteiger partial charge in [0.2, 0.25) is 0 Å². The van der Waals surface area contributed by atoms with Crippen LogP contribution in [0.25, 0.3) is 10.2 Å². The highest BCUT2D eigenvalue weighted by molar-refractivity contribution is 7.22. The Balaban J connectivity index is 1.68. The summed E-state index contributed by atoms with van der Waals surface area (Å²) in [6.45, 7) is 5.80. The van der Waals surface area contributed by atoms with Gasteiger partial charge in [-0.1, -0.05) is 17.4 Å². The van der Waals surface area contributed by atoms with Crippen molar-refractivity contribution in [2.45, 2.75) is 6.92 Å². The maximum absolute atomic E-state index is 13.3. The molecule has 3 heterocycles. The first-order chi connectivity index (χ1) is 15.0. The highest BCUT2D eigenvalue weighted by Gasteiger charge is 2.27. The molecule has 0 spiro atoms. The van der Waals surface area contributed by atoms with Crippen molar-refractivity contribution in [2.75, 3.05) is 51.4 Å². The van der Waals surface area contributed by atoms with E-state index in [1.54, 1.807) is 7.11 Å². The second kappa shape index (κ2) is 9.00. The molecule has 31 heavy (non-hydrogen) atoms. The van der Waals surface area contributed by atoms with Gasteiger partial charge < -0.3 is 13.9 Å². The molecule has 0 unspecified atom stereocenters. The number of hydrogen-bond acceptors (Lipinski definition) is 9. The van der Waals surface area contributed by atoms with Crippen LogP contribution >= 0.6 is 11.3 Å². The third-order valence-electron chi connectivity index (χ3n) is 5.11. The first kappa shape index (κ1) is 21.2. The van der Waals surface area contributed by atoms with E-state index in [-0.39, 0.29) is 5.76 Å². The molecule has 11 heteroatoms. The van der Waals surface area contributed by atoms with Crippen molar-refractivity contribution in [3.8, 4) is 5.75 Å². The number of morpholine rings is 1. The Kier molecular flexibility index (Phi) is 6.16. The fourth-order valence-electron chi connectivity index (χ4n) is 3.40. The number of fused-ring (bicyclic) bond motifs is 1. The predicted molar refractivity (Wildman–Crippen MR) is 115 cm³/mol. The van der Waals surface area contributed by atoms with E-state index in [1.807, 2.05) is 19.1 Å². The fourth-order valence-corrected chi connectivity index (χ4v) is 4.48. The van der Waals surface area contributed by atoms with Crippen LogP contribution in [0, 0.1) is 17.0 Å². The lowest BCUT2D eigenvalue weighted by molar-refractivity contribution is -0.402. The number of rotatable bonds is 7. The molecule has 1 aromatic carbocycles. The molecule has 0 bridgehead atoms. The van der Waals surface area contributed by atoms with E-state index >= 15 is 0 Å². The van der Waals surface area contributed by atoms with Crippen LogP contribution in [0.15, 0.2) is 28.7 Å². The molecule has 3 aromatic rings. The Labute approximate surface area is 182 Å². The molecule has 0 aliphatic carbocycles. The van der Waals surface area contributed by atoms with E-state index in [1.165, 1.54) is 28.4 Å². The Hall–Kier alpha value is -3.02. The summed E-state index contributed by atoms with van der Waals surface area (Å²) in [7, 11) is 1.58. The number of hydrogen-bond donors (Lipinski definition) is 0. The molecule has 10 nitrogen and oxygen atoms in total. The quantitative estimate of drug-likeness (QED) is 0.402. The Morgan fingerprint density at radius 3 is 2.77 bits per heavy atom. The highest BCUT2D eigenvalue weighted by atomic mass is 32.1. The summed E-state index contributed by atoms with van der Waals surface area (Å²) in [5.41, 5.74) is 1.70. The predicted octanol–water partition coefficient (Wildman–Crippen LogP) is 3.09. The number of thiazole rings is 1. The number of ether oxygens (including phenoxy) is 2. The SMILES string of the molecule is COc1ccc(C)c2sc(N(CCN3CCOCC3)C(=O)c3ccc([N+](=O)[O-])o3)nc12. The van der Waals surface area contributed by atoms with Crippen molar-refractivity contribution in [1.82, 2.24) is 9.88 Å². The third kappa shape index (κ3) is 4.38. The van der Waals surface area contributed by atoms with Crippen molar-refractivity contribution < 1.29 is 23.6 Å². The smallest absolute Gasteiger partial charge is 0.433 e. The van der Waals surface area contributed by atoms with Crippen molar-refractivity contribution in [1.29, 1.82) is 0 Å². The van der Waals surface area contributed by atoms with Crippen LogP contribution in [0.1, 0.15) is 16.1 Å². The number of carbonyl (C=O) groups excluding carboxylic acids is 1. The summed E-state index contributed by atoms with van der Waals surface area (Å²) in [6.07, 6.45) is 0. The summed E-state index contributed by atoms with van der Waals surface area (Å²) in [5.74, 6) is -0.427. The zero-order valence-electron chi connectivity index (χ0n) is 17.2. The summed E-state index contributed by atoms with van der Waals surface area (Å²) in [6, 6.07) is 6.29. The summed E-state index contributed by atoms with van der Waals surface area (Å²) in [5, 5.41) is 11.5. The number of furan rings is 1. The maximum atomic E-state index is 13.3. The second-order valence-corrected chi connectivity index (χ2v) is 8.04. The molecule has 164 valence electrons. The number of anilines is 1. The van der Waals surface area contributed by atoms with E-state index in [9.17, 15) is 14.9 Å². The zero-order valence-corrected chi connectivity index (χ0v) is 18.0. The van der Waals surface area contributed by atoms with Crippen LogP contribution in [-0.2, 0) is 4.74 Å². The number of amides is 1. The van der Waals surface area contributed by atoms with E-state index in [0.29, 0.717) is 42.7 Å². The van der Waals surface area contributed by atoms with Gasteiger partial charge in [-0.2, -0.15) is 0 Å². The van der Waals surface area contributed by atoms with Crippen LogP contribution < -0.4 is 9.64 Å². The van der Waals surface area contributed by atoms with Gasteiger partial charge in [0.15, 0.2) is 10.9 Å². The van der Waals surface area contributed by atoms with E-state index in [2.05, 4.69) is 9.88 Å². The van der Waals surface area contributed by atoms with E-state index in [4.69, 9.17) is 13.9 Å². The molecule has 0 N–H and O–H groups in total. The van der Waals surface area contributed by atoms with Crippen molar-refractivity contribution >= 4 is 38.5 Å². The second-order valence-electron chi connectivity index (χ2n) is 7.06. The van der Waals surface area contributed by atoms with Gasteiger partial charge in [0.1, 0.15) is 16.2 Å². The van der Waals surface area contributed by atoms with Crippen molar-refractivity contribution in [3.05, 3.63) is 45.7 Å². The molecular formula is C20H22N4O6S. The van der Waals surface area contributed by atoms with Gasteiger partial charge in [-0.25, -0.2) is 4.98 Å². The third-order valence-corrected chi connectivity index (χ3v) is 6.33. The molecule has 4 rings (SSSR count). The minimum atomic E-state index is -0.666. The lowest BCUT2D eigenvalue weighted by atomic mass is 10.2. The van der Waals surface area contributed by atoms with Crippen LogP contribution in [0.4, 0.5) is 11.0 Å². The summed E-state index contributed by atoms with van der Waals surface area (Å²) in [4.78, 5) is 32.0. The van der Waals surface area contributed by atoms with Gasteiger partial charge in [-0.3, -0.25) is 24.7 Å². The number of methoxy groups -OCH3 is 1. The van der Waals surface area contributed by atoms with Gasteiger partial charge >= 0.3 is 5.88 Å². The molecule has 1 amide bonds. The van der Waals surface area contributed by atoms with Crippen LogP contribution in [-0.4, -0.2) is 67.2 Å². The molecule has 0 atom stereocenters. The lowest BCUT2D eigenvalue weighted by Gasteiger charge is -2.28. The van der Waals surface area contributed by atoms with Gasteiger partial charge in [0.05, 0.1) is 31.1 Å². The Morgan fingerprint density at radius 1 is 1.32 bits per heavy atom. The maximum Gasteiger partial charge on any atom is 0.433 e.